The van der Waals surface area contributed by atoms with Crippen molar-refractivity contribution >= 4 is 0 Å². The molecule has 8 atom stereocenters. The quantitative estimate of drug-likeness (QED) is 0.533. The zero-order chi connectivity index (χ0) is 19.4. The Bertz CT molecular complexity index is 618. The van der Waals surface area contributed by atoms with Gasteiger partial charge in [-0.25, -0.2) is 0 Å². The van der Waals surface area contributed by atoms with Crippen LogP contribution in [0.2, 0.25) is 0 Å². The van der Waals surface area contributed by atoms with Gasteiger partial charge >= 0.3 is 0 Å². The van der Waals surface area contributed by atoms with Gasteiger partial charge in [0, 0.05) is 0 Å². The first-order valence-electron chi connectivity index (χ1n) is 11.8. The van der Waals surface area contributed by atoms with Gasteiger partial charge in [0.05, 0.1) is 6.10 Å². The summed E-state index contributed by atoms with van der Waals surface area (Å²) in [4.78, 5) is 0. The van der Waals surface area contributed by atoms with Crippen molar-refractivity contribution < 1.29 is 5.11 Å². The van der Waals surface area contributed by atoms with E-state index in [1.54, 1.807) is 5.57 Å². The molecule has 0 spiro atoms. The molecule has 3 fully saturated rings. The second-order valence-corrected chi connectivity index (χ2v) is 11.4. The number of aliphatic hydroxyl groups excluding tert-OH is 1. The van der Waals surface area contributed by atoms with E-state index in [2.05, 4.69) is 40.3 Å². The fourth-order valence-corrected chi connectivity index (χ4v) is 8.29. The minimum Gasteiger partial charge on any atom is -0.393 e. The van der Waals surface area contributed by atoms with Crippen molar-refractivity contribution in [2.24, 2.45) is 40.4 Å². The van der Waals surface area contributed by atoms with E-state index >= 15 is 0 Å². The molecule has 0 aromatic heterocycles. The Hall–Kier alpha value is -0.560. The highest BCUT2D eigenvalue weighted by atomic mass is 16.3. The standard InChI is InChI=1S/C26H42O/c1-17(2)6-7-18(3)22-10-11-23-21-9-8-19-16-20(27)12-14-25(19,4)24(21)13-15-26(22,23)5/h8,18,20-24,27H,1,6-7,9-16H2,2-5H3/t18-,20+,21?,22?,23?,24?,25+,26?/m1/s1. The summed E-state index contributed by atoms with van der Waals surface area (Å²) >= 11 is 0. The Labute approximate surface area is 167 Å². The number of fused-ring (bicyclic) bond motifs is 5. The molecule has 0 aliphatic heterocycles. The molecular formula is C26H42O. The molecule has 152 valence electrons. The van der Waals surface area contributed by atoms with Crippen LogP contribution in [0, 0.1) is 40.4 Å². The third kappa shape index (κ3) is 3.17. The van der Waals surface area contributed by atoms with Crippen LogP contribution >= 0.6 is 0 Å². The van der Waals surface area contributed by atoms with Crippen LogP contribution in [0.5, 0.6) is 0 Å². The summed E-state index contributed by atoms with van der Waals surface area (Å²) in [5.41, 5.74) is 3.90. The molecule has 4 aliphatic rings. The molecule has 1 N–H and O–H groups in total. The summed E-state index contributed by atoms with van der Waals surface area (Å²) in [5, 5.41) is 10.2. The minimum absolute atomic E-state index is 0.0836. The Morgan fingerprint density at radius 1 is 1.19 bits per heavy atom. The maximum absolute atomic E-state index is 10.2. The molecule has 0 amide bonds. The van der Waals surface area contributed by atoms with Crippen LogP contribution in [0.25, 0.3) is 0 Å². The van der Waals surface area contributed by atoms with Crippen molar-refractivity contribution in [3.63, 3.8) is 0 Å². The highest BCUT2D eigenvalue weighted by Gasteiger charge is 2.59. The maximum atomic E-state index is 10.2. The van der Waals surface area contributed by atoms with Gasteiger partial charge in [0.15, 0.2) is 0 Å². The van der Waals surface area contributed by atoms with E-state index in [-0.39, 0.29) is 6.10 Å². The van der Waals surface area contributed by atoms with Crippen LogP contribution in [0.1, 0.15) is 91.9 Å². The predicted molar refractivity (Wildman–Crippen MR) is 114 cm³/mol. The number of hydrogen-bond donors (Lipinski definition) is 1. The third-order valence-electron chi connectivity index (χ3n) is 9.86. The van der Waals surface area contributed by atoms with Crippen molar-refractivity contribution in [2.75, 3.05) is 0 Å². The van der Waals surface area contributed by atoms with Gasteiger partial charge in [-0.15, -0.1) is 6.58 Å². The summed E-state index contributed by atoms with van der Waals surface area (Å²) in [6, 6.07) is 0. The average molecular weight is 371 g/mol. The lowest BCUT2D eigenvalue weighted by Crippen LogP contribution is -2.50. The van der Waals surface area contributed by atoms with Crippen LogP contribution in [0.4, 0.5) is 0 Å². The molecule has 0 radical (unpaired) electrons. The molecule has 5 unspecified atom stereocenters. The third-order valence-corrected chi connectivity index (χ3v) is 9.86. The largest absolute Gasteiger partial charge is 0.393 e. The Kier molecular flexibility index (Phi) is 5.15. The zero-order valence-corrected chi connectivity index (χ0v) is 18.3. The predicted octanol–water partition coefficient (Wildman–Crippen LogP) is 6.92. The molecule has 3 saturated carbocycles. The van der Waals surface area contributed by atoms with Gasteiger partial charge in [0.25, 0.3) is 0 Å². The highest BCUT2D eigenvalue weighted by Crippen LogP contribution is 2.67. The lowest BCUT2D eigenvalue weighted by molar-refractivity contribution is -0.0571. The number of hydrogen-bond acceptors (Lipinski definition) is 1. The van der Waals surface area contributed by atoms with Crippen LogP contribution in [-0.2, 0) is 0 Å². The fraction of sp³-hybridized carbons (Fsp3) is 0.846. The van der Waals surface area contributed by atoms with Gasteiger partial charge in [-0.05, 0) is 112 Å². The highest BCUT2D eigenvalue weighted by molar-refractivity contribution is 5.25. The van der Waals surface area contributed by atoms with Gasteiger partial charge in [-0.2, -0.15) is 0 Å². The lowest BCUT2D eigenvalue weighted by atomic mass is 9.47. The van der Waals surface area contributed by atoms with Gasteiger partial charge in [-0.1, -0.05) is 38.0 Å². The van der Waals surface area contributed by atoms with Crippen molar-refractivity contribution in [1.82, 2.24) is 0 Å². The molecule has 0 bridgehead atoms. The second kappa shape index (κ2) is 7.05. The van der Waals surface area contributed by atoms with E-state index in [0.717, 1.165) is 42.4 Å². The van der Waals surface area contributed by atoms with Gasteiger partial charge in [0.1, 0.15) is 0 Å². The van der Waals surface area contributed by atoms with E-state index in [0.29, 0.717) is 10.8 Å². The normalized spacial score (nSPS) is 47.4. The molecule has 27 heavy (non-hydrogen) atoms. The summed E-state index contributed by atoms with van der Waals surface area (Å²) in [6.07, 6.45) is 15.3. The van der Waals surface area contributed by atoms with E-state index in [1.165, 1.54) is 56.9 Å². The number of rotatable bonds is 4. The summed E-state index contributed by atoms with van der Waals surface area (Å²) in [5.74, 6) is 4.44. The molecule has 1 nitrogen and oxygen atoms in total. The summed E-state index contributed by atoms with van der Waals surface area (Å²) < 4.78 is 0. The Morgan fingerprint density at radius 2 is 1.96 bits per heavy atom. The molecule has 4 aliphatic carbocycles. The monoisotopic (exact) mass is 370 g/mol. The fourth-order valence-electron chi connectivity index (χ4n) is 8.29. The minimum atomic E-state index is -0.0836. The molecule has 0 aromatic carbocycles. The first-order valence-corrected chi connectivity index (χ1v) is 11.8. The van der Waals surface area contributed by atoms with E-state index in [1.807, 2.05) is 0 Å². The molecule has 1 heteroatoms. The topological polar surface area (TPSA) is 20.2 Å². The van der Waals surface area contributed by atoms with E-state index < -0.39 is 0 Å². The molecule has 0 heterocycles. The Balaban J connectivity index is 1.54. The molecule has 0 saturated heterocycles. The van der Waals surface area contributed by atoms with Gasteiger partial charge in [-0.3, -0.25) is 0 Å². The van der Waals surface area contributed by atoms with Crippen molar-refractivity contribution in [3.8, 4) is 0 Å². The van der Waals surface area contributed by atoms with Crippen LogP contribution in [0.3, 0.4) is 0 Å². The van der Waals surface area contributed by atoms with Crippen LogP contribution in [-0.4, -0.2) is 11.2 Å². The molecule has 4 rings (SSSR count). The number of allylic oxidation sites excluding steroid dienone is 2. The molecule has 0 aromatic rings. The van der Waals surface area contributed by atoms with E-state index in [4.69, 9.17) is 0 Å². The second-order valence-electron chi connectivity index (χ2n) is 11.4. The first kappa shape index (κ1) is 19.7. The van der Waals surface area contributed by atoms with Crippen LogP contribution < -0.4 is 0 Å². The van der Waals surface area contributed by atoms with Gasteiger partial charge in [0.2, 0.25) is 0 Å². The van der Waals surface area contributed by atoms with Crippen LogP contribution in [0.15, 0.2) is 23.8 Å². The summed E-state index contributed by atoms with van der Waals surface area (Å²) in [7, 11) is 0. The average Bonchev–Trinajstić information content (AvgIpc) is 2.97. The van der Waals surface area contributed by atoms with Crippen molar-refractivity contribution in [3.05, 3.63) is 23.8 Å². The van der Waals surface area contributed by atoms with Crippen molar-refractivity contribution in [1.29, 1.82) is 0 Å². The van der Waals surface area contributed by atoms with Crippen molar-refractivity contribution in [2.45, 2.75) is 98.0 Å². The SMILES string of the molecule is C=C(C)CC[C@@H](C)C1CCC2C3CC=C4C[C@@H](O)CC[C@]4(C)C3CCC21C. The molecular weight excluding hydrogens is 328 g/mol. The zero-order valence-electron chi connectivity index (χ0n) is 18.3. The number of aliphatic hydroxyl groups is 1. The van der Waals surface area contributed by atoms with Gasteiger partial charge < -0.3 is 5.11 Å². The Morgan fingerprint density at radius 3 is 2.70 bits per heavy atom. The lowest BCUT2D eigenvalue weighted by Gasteiger charge is -2.58. The summed E-state index contributed by atoms with van der Waals surface area (Å²) in [6.45, 7) is 14.1. The maximum Gasteiger partial charge on any atom is 0.0577 e. The first-order chi connectivity index (χ1) is 12.8. The smallest absolute Gasteiger partial charge is 0.0577 e. The van der Waals surface area contributed by atoms with E-state index in [9.17, 15) is 5.11 Å².